The van der Waals surface area contributed by atoms with E-state index >= 15 is 0 Å². The monoisotopic (exact) mass is 255 g/mol. The molecule has 0 unspecified atom stereocenters. The summed E-state index contributed by atoms with van der Waals surface area (Å²) >= 11 is 0. The molecular weight excluding hydrogens is 238 g/mol. The summed E-state index contributed by atoms with van der Waals surface area (Å²) in [6, 6.07) is 3.36. The van der Waals surface area contributed by atoms with Gasteiger partial charge in [-0.3, -0.25) is 0 Å². The molecule has 0 aromatic carbocycles. The van der Waals surface area contributed by atoms with Crippen molar-refractivity contribution in [2.24, 2.45) is 5.73 Å². The SMILES string of the molecule is CN(C1CCC1)S(=O)(=O)c1ccc(CN)cn1. The van der Waals surface area contributed by atoms with Gasteiger partial charge in [-0.25, -0.2) is 13.4 Å². The zero-order valence-corrected chi connectivity index (χ0v) is 10.7. The molecule has 6 heteroatoms. The fourth-order valence-electron chi connectivity index (χ4n) is 1.78. The van der Waals surface area contributed by atoms with Crippen LogP contribution >= 0.6 is 0 Å². The van der Waals surface area contributed by atoms with Crippen molar-refractivity contribution in [3.05, 3.63) is 23.9 Å². The van der Waals surface area contributed by atoms with Crippen LogP contribution in [-0.2, 0) is 16.6 Å². The number of hydrogen-bond donors (Lipinski definition) is 1. The summed E-state index contributed by atoms with van der Waals surface area (Å²) in [5, 5.41) is 0.101. The van der Waals surface area contributed by atoms with E-state index in [1.54, 1.807) is 13.1 Å². The van der Waals surface area contributed by atoms with Crippen LogP contribution in [0.3, 0.4) is 0 Å². The second-order valence-corrected chi connectivity index (χ2v) is 6.26. The Balaban J connectivity index is 2.23. The van der Waals surface area contributed by atoms with Crippen LogP contribution in [0, 0.1) is 0 Å². The lowest BCUT2D eigenvalue weighted by molar-refractivity contribution is 0.249. The molecule has 5 nitrogen and oxygen atoms in total. The molecule has 0 atom stereocenters. The van der Waals surface area contributed by atoms with Crippen molar-refractivity contribution in [1.29, 1.82) is 0 Å². The van der Waals surface area contributed by atoms with Gasteiger partial charge in [0.25, 0.3) is 10.0 Å². The van der Waals surface area contributed by atoms with E-state index in [0.717, 1.165) is 24.8 Å². The highest BCUT2D eigenvalue weighted by Crippen LogP contribution is 2.27. The van der Waals surface area contributed by atoms with Crippen LogP contribution < -0.4 is 5.73 Å². The van der Waals surface area contributed by atoms with Crippen molar-refractivity contribution in [3.63, 3.8) is 0 Å². The number of rotatable bonds is 4. The minimum Gasteiger partial charge on any atom is -0.326 e. The van der Waals surface area contributed by atoms with Crippen molar-refractivity contribution in [3.8, 4) is 0 Å². The number of pyridine rings is 1. The molecule has 2 rings (SSSR count). The third-order valence-electron chi connectivity index (χ3n) is 3.27. The van der Waals surface area contributed by atoms with Gasteiger partial charge in [0.1, 0.15) is 0 Å². The van der Waals surface area contributed by atoms with E-state index in [0.29, 0.717) is 6.54 Å². The minimum absolute atomic E-state index is 0.101. The van der Waals surface area contributed by atoms with Crippen LogP contribution in [-0.4, -0.2) is 30.8 Å². The van der Waals surface area contributed by atoms with Crippen molar-refractivity contribution in [2.45, 2.75) is 36.9 Å². The topological polar surface area (TPSA) is 76.3 Å². The van der Waals surface area contributed by atoms with Crippen molar-refractivity contribution in [2.75, 3.05) is 7.05 Å². The molecule has 1 aliphatic carbocycles. The Morgan fingerprint density at radius 2 is 2.18 bits per heavy atom. The summed E-state index contributed by atoms with van der Waals surface area (Å²) in [6.45, 7) is 0.367. The van der Waals surface area contributed by atoms with E-state index in [2.05, 4.69) is 4.98 Å². The summed E-state index contributed by atoms with van der Waals surface area (Å²) in [7, 11) is -1.82. The van der Waals surface area contributed by atoms with Gasteiger partial charge in [-0.15, -0.1) is 0 Å². The van der Waals surface area contributed by atoms with Gasteiger partial charge >= 0.3 is 0 Å². The number of sulfonamides is 1. The molecule has 1 heterocycles. The Hall–Kier alpha value is -0.980. The van der Waals surface area contributed by atoms with Crippen LogP contribution in [0.5, 0.6) is 0 Å². The van der Waals surface area contributed by atoms with Crippen LogP contribution in [0.1, 0.15) is 24.8 Å². The van der Waals surface area contributed by atoms with E-state index in [1.165, 1.54) is 16.6 Å². The van der Waals surface area contributed by atoms with Gasteiger partial charge in [-0.05, 0) is 24.5 Å². The maximum atomic E-state index is 12.2. The first-order valence-electron chi connectivity index (χ1n) is 5.68. The van der Waals surface area contributed by atoms with Crippen molar-refractivity contribution < 1.29 is 8.42 Å². The molecule has 17 heavy (non-hydrogen) atoms. The molecule has 1 aromatic heterocycles. The molecule has 0 aliphatic heterocycles. The highest BCUT2D eigenvalue weighted by molar-refractivity contribution is 7.89. The third kappa shape index (κ3) is 2.34. The zero-order valence-electron chi connectivity index (χ0n) is 9.83. The minimum atomic E-state index is -3.44. The van der Waals surface area contributed by atoms with Crippen LogP contribution in [0.15, 0.2) is 23.4 Å². The quantitative estimate of drug-likeness (QED) is 0.859. The van der Waals surface area contributed by atoms with Crippen molar-refractivity contribution >= 4 is 10.0 Å². The Labute approximate surface area is 102 Å². The van der Waals surface area contributed by atoms with Gasteiger partial charge in [-0.2, -0.15) is 4.31 Å². The normalized spacial score (nSPS) is 17.1. The lowest BCUT2D eigenvalue weighted by Gasteiger charge is -2.33. The fraction of sp³-hybridized carbons (Fsp3) is 0.545. The molecule has 0 spiro atoms. The molecule has 1 aromatic rings. The second kappa shape index (κ2) is 4.72. The average molecular weight is 255 g/mol. The molecule has 2 N–H and O–H groups in total. The first-order chi connectivity index (χ1) is 8.05. The predicted molar refractivity (Wildman–Crippen MR) is 64.7 cm³/mol. The molecule has 0 radical (unpaired) electrons. The number of aromatic nitrogens is 1. The summed E-state index contributed by atoms with van der Waals surface area (Å²) in [5.74, 6) is 0. The average Bonchev–Trinajstić information content (AvgIpc) is 2.27. The maximum absolute atomic E-state index is 12.2. The van der Waals surface area contributed by atoms with E-state index in [1.807, 2.05) is 0 Å². The first-order valence-corrected chi connectivity index (χ1v) is 7.12. The third-order valence-corrected chi connectivity index (χ3v) is 5.09. The summed E-state index contributed by atoms with van der Waals surface area (Å²) in [6.07, 6.45) is 4.50. The molecular formula is C11H17N3O2S. The van der Waals surface area contributed by atoms with E-state index in [4.69, 9.17) is 5.73 Å². The Morgan fingerprint density at radius 1 is 1.47 bits per heavy atom. The van der Waals surface area contributed by atoms with Gasteiger partial charge in [0.05, 0.1) is 0 Å². The second-order valence-electron chi connectivity index (χ2n) is 4.31. The standard InChI is InChI=1S/C11H17N3O2S/c1-14(10-3-2-4-10)17(15,16)11-6-5-9(7-12)8-13-11/h5-6,8,10H,2-4,7,12H2,1H3. The molecule has 1 aliphatic rings. The lowest BCUT2D eigenvalue weighted by Crippen LogP contribution is -2.41. The van der Waals surface area contributed by atoms with E-state index in [9.17, 15) is 8.42 Å². The molecule has 1 saturated carbocycles. The highest BCUT2D eigenvalue weighted by Gasteiger charge is 2.32. The molecule has 0 bridgehead atoms. The number of hydrogen-bond acceptors (Lipinski definition) is 4. The highest BCUT2D eigenvalue weighted by atomic mass is 32.2. The maximum Gasteiger partial charge on any atom is 0.260 e. The van der Waals surface area contributed by atoms with Gasteiger partial charge in [-0.1, -0.05) is 12.5 Å². The van der Waals surface area contributed by atoms with E-state index in [-0.39, 0.29) is 11.1 Å². The van der Waals surface area contributed by atoms with Gasteiger partial charge < -0.3 is 5.73 Å². The molecule has 94 valence electrons. The smallest absolute Gasteiger partial charge is 0.260 e. The van der Waals surface area contributed by atoms with Crippen LogP contribution in [0.4, 0.5) is 0 Å². The number of nitrogens with two attached hydrogens (primary N) is 1. The predicted octanol–water partition coefficient (Wildman–Crippen LogP) is 0.713. The van der Waals surface area contributed by atoms with E-state index < -0.39 is 10.0 Å². The summed E-state index contributed by atoms with van der Waals surface area (Å²) in [4.78, 5) is 3.97. The van der Waals surface area contributed by atoms with Crippen LogP contribution in [0.25, 0.3) is 0 Å². The zero-order chi connectivity index (χ0) is 12.5. The van der Waals surface area contributed by atoms with Gasteiger partial charge in [0.15, 0.2) is 5.03 Å². The fourth-order valence-corrected chi connectivity index (χ4v) is 3.10. The van der Waals surface area contributed by atoms with Crippen molar-refractivity contribution in [1.82, 2.24) is 9.29 Å². The number of nitrogens with zero attached hydrogens (tertiary/aromatic N) is 2. The Kier molecular flexibility index (Phi) is 3.46. The van der Waals surface area contributed by atoms with Gasteiger partial charge in [0, 0.05) is 25.8 Å². The summed E-state index contributed by atoms with van der Waals surface area (Å²) in [5.41, 5.74) is 6.28. The van der Waals surface area contributed by atoms with Crippen LogP contribution in [0.2, 0.25) is 0 Å². The molecule has 1 fully saturated rings. The Bertz CT molecular complexity index is 480. The Morgan fingerprint density at radius 3 is 2.59 bits per heavy atom. The first kappa shape index (κ1) is 12.5. The molecule has 0 amide bonds. The summed E-state index contributed by atoms with van der Waals surface area (Å²) < 4.78 is 25.8. The largest absolute Gasteiger partial charge is 0.326 e. The van der Waals surface area contributed by atoms with Gasteiger partial charge in [0.2, 0.25) is 0 Å². The molecule has 0 saturated heterocycles. The lowest BCUT2D eigenvalue weighted by atomic mass is 9.94.